The van der Waals surface area contributed by atoms with E-state index in [0.717, 1.165) is 11.3 Å². The molecule has 1 fully saturated rings. The number of benzene rings is 2. The molecule has 1 aliphatic heterocycles. The average Bonchev–Trinajstić information content (AvgIpc) is 3.00. The van der Waals surface area contributed by atoms with Gasteiger partial charge >= 0.3 is 0 Å². The van der Waals surface area contributed by atoms with Crippen LogP contribution in [-0.4, -0.2) is 33.7 Å². The fourth-order valence-corrected chi connectivity index (χ4v) is 4.28. The quantitative estimate of drug-likeness (QED) is 0.819. The van der Waals surface area contributed by atoms with Gasteiger partial charge in [-0.2, -0.15) is 0 Å². The lowest BCUT2D eigenvalue weighted by atomic mass is 10.2. The molecule has 0 spiro atoms. The van der Waals surface area contributed by atoms with Gasteiger partial charge in [-0.05, 0) is 54.5 Å². The summed E-state index contributed by atoms with van der Waals surface area (Å²) in [6.45, 7) is 0.516. The Bertz CT molecular complexity index is 904. The van der Waals surface area contributed by atoms with Gasteiger partial charge in [0.25, 0.3) is 0 Å². The maximum atomic E-state index is 12.0. The summed E-state index contributed by atoms with van der Waals surface area (Å²) in [6, 6.07) is 14.1. The molecule has 0 saturated carbocycles. The van der Waals surface area contributed by atoms with Gasteiger partial charge in [-0.3, -0.25) is 9.10 Å². The summed E-state index contributed by atoms with van der Waals surface area (Å²) >= 11 is 0. The van der Waals surface area contributed by atoms with E-state index in [0.29, 0.717) is 24.3 Å². The van der Waals surface area contributed by atoms with Gasteiger partial charge in [0.1, 0.15) is 5.75 Å². The van der Waals surface area contributed by atoms with Crippen molar-refractivity contribution in [2.45, 2.75) is 6.42 Å². The zero-order valence-corrected chi connectivity index (χ0v) is 15.2. The van der Waals surface area contributed by atoms with E-state index in [-0.39, 0.29) is 11.7 Å². The number of anilines is 2. The van der Waals surface area contributed by atoms with Crippen molar-refractivity contribution in [1.82, 2.24) is 0 Å². The highest BCUT2D eigenvalue weighted by Crippen LogP contribution is 2.24. The van der Waals surface area contributed by atoms with Crippen LogP contribution in [0.2, 0.25) is 0 Å². The molecule has 0 aliphatic carbocycles. The van der Waals surface area contributed by atoms with Gasteiger partial charge in [0, 0.05) is 18.3 Å². The number of amides is 1. The third-order valence-corrected chi connectivity index (χ3v) is 5.93. The Hall–Kier alpha value is -2.80. The van der Waals surface area contributed by atoms with E-state index >= 15 is 0 Å². The van der Waals surface area contributed by atoms with Crippen molar-refractivity contribution >= 4 is 33.4 Å². The highest BCUT2D eigenvalue weighted by atomic mass is 32.2. The molecule has 1 amide bonds. The van der Waals surface area contributed by atoms with Crippen LogP contribution in [0.25, 0.3) is 6.08 Å². The molecule has 26 heavy (non-hydrogen) atoms. The van der Waals surface area contributed by atoms with Crippen LogP contribution in [-0.2, 0) is 14.8 Å². The molecule has 7 heteroatoms. The lowest BCUT2D eigenvalue weighted by Crippen LogP contribution is -2.24. The van der Waals surface area contributed by atoms with Crippen LogP contribution in [0.15, 0.2) is 54.6 Å². The number of carbonyl (C=O) groups is 1. The number of hydrogen-bond acceptors (Lipinski definition) is 4. The first-order valence-electron chi connectivity index (χ1n) is 8.21. The minimum Gasteiger partial charge on any atom is -0.497 e. The Morgan fingerprint density at radius 2 is 1.81 bits per heavy atom. The second-order valence-corrected chi connectivity index (χ2v) is 7.90. The second-order valence-electron chi connectivity index (χ2n) is 5.88. The molecule has 1 aliphatic rings. The van der Waals surface area contributed by atoms with Crippen molar-refractivity contribution in [1.29, 1.82) is 0 Å². The van der Waals surface area contributed by atoms with Crippen LogP contribution in [0.3, 0.4) is 0 Å². The van der Waals surface area contributed by atoms with Crippen LogP contribution in [0, 0.1) is 0 Å². The minimum atomic E-state index is -3.18. The molecule has 1 heterocycles. The van der Waals surface area contributed by atoms with Crippen molar-refractivity contribution in [2.24, 2.45) is 0 Å². The first-order chi connectivity index (χ1) is 12.5. The summed E-state index contributed by atoms with van der Waals surface area (Å²) in [5.41, 5.74) is 2.15. The predicted octanol–water partition coefficient (Wildman–Crippen LogP) is 2.89. The molecule has 0 unspecified atom stereocenters. The van der Waals surface area contributed by atoms with Gasteiger partial charge in [0.2, 0.25) is 15.9 Å². The fraction of sp³-hybridized carbons (Fsp3) is 0.211. The SMILES string of the molecule is COc1ccc(NC(=O)/C=C/c2ccc(N3CCCS3(=O)=O)cc2)cc1. The number of nitrogens with one attached hydrogen (secondary N) is 1. The Morgan fingerprint density at radius 1 is 1.12 bits per heavy atom. The number of sulfonamides is 1. The first kappa shape index (κ1) is 18.0. The summed E-state index contributed by atoms with van der Waals surface area (Å²) in [5, 5.41) is 2.76. The van der Waals surface area contributed by atoms with Crippen molar-refractivity contribution in [3.63, 3.8) is 0 Å². The van der Waals surface area contributed by atoms with Crippen molar-refractivity contribution in [2.75, 3.05) is 29.0 Å². The topological polar surface area (TPSA) is 75.7 Å². The van der Waals surface area contributed by atoms with Crippen LogP contribution >= 0.6 is 0 Å². The van der Waals surface area contributed by atoms with Gasteiger partial charge in [-0.25, -0.2) is 8.42 Å². The highest BCUT2D eigenvalue weighted by Gasteiger charge is 2.28. The summed E-state index contributed by atoms with van der Waals surface area (Å²) in [5.74, 6) is 0.667. The monoisotopic (exact) mass is 372 g/mol. The minimum absolute atomic E-state index is 0.195. The third kappa shape index (κ3) is 4.23. The van der Waals surface area contributed by atoms with Crippen molar-refractivity contribution in [3.05, 3.63) is 60.2 Å². The normalized spacial score (nSPS) is 16.0. The molecule has 0 bridgehead atoms. The van der Waals surface area contributed by atoms with Gasteiger partial charge in [-0.1, -0.05) is 12.1 Å². The maximum absolute atomic E-state index is 12.0. The lowest BCUT2D eigenvalue weighted by molar-refractivity contribution is -0.111. The number of ether oxygens (including phenoxy) is 1. The van der Waals surface area contributed by atoms with Crippen LogP contribution in [0.4, 0.5) is 11.4 Å². The van der Waals surface area contributed by atoms with Crippen molar-refractivity contribution in [3.8, 4) is 5.75 Å². The van der Waals surface area contributed by atoms with E-state index in [1.165, 1.54) is 10.4 Å². The van der Waals surface area contributed by atoms with Gasteiger partial charge in [-0.15, -0.1) is 0 Å². The zero-order valence-electron chi connectivity index (χ0n) is 14.4. The molecule has 0 atom stereocenters. The summed E-state index contributed by atoms with van der Waals surface area (Å²) in [4.78, 5) is 12.0. The molecular formula is C19H20N2O4S. The summed E-state index contributed by atoms with van der Waals surface area (Å²) in [7, 11) is -1.59. The highest BCUT2D eigenvalue weighted by molar-refractivity contribution is 7.93. The molecule has 1 saturated heterocycles. The van der Waals surface area contributed by atoms with Crippen molar-refractivity contribution < 1.29 is 17.9 Å². The lowest BCUT2D eigenvalue weighted by Gasteiger charge is -2.16. The second kappa shape index (κ2) is 7.61. The fourth-order valence-electron chi connectivity index (χ4n) is 2.71. The number of rotatable bonds is 5. The van der Waals surface area contributed by atoms with E-state index in [2.05, 4.69) is 5.32 Å². The molecule has 136 valence electrons. The van der Waals surface area contributed by atoms with E-state index in [4.69, 9.17) is 4.74 Å². The van der Waals surface area contributed by atoms with E-state index in [1.807, 2.05) is 0 Å². The Kier molecular flexibility index (Phi) is 5.27. The summed E-state index contributed by atoms with van der Waals surface area (Å²) in [6.07, 6.45) is 3.77. The van der Waals surface area contributed by atoms with Crippen LogP contribution in [0.1, 0.15) is 12.0 Å². The third-order valence-electron chi connectivity index (χ3n) is 4.07. The summed E-state index contributed by atoms with van der Waals surface area (Å²) < 4.78 is 30.4. The zero-order chi connectivity index (χ0) is 18.6. The molecule has 1 N–H and O–H groups in total. The Morgan fingerprint density at radius 3 is 2.38 bits per heavy atom. The van der Waals surface area contributed by atoms with Gasteiger partial charge in [0.15, 0.2) is 0 Å². The maximum Gasteiger partial charge on any atom is 0.248 e. The molecule has 6 nitrogen and oxygen atoms in total. The Balaban J connectivity index is 1.62. The van der Waals surface area contributed by atoms with E-state index in [1.54, 1.807) is 61.7 Å². The molecule has 3 rings (SSSR count). The number of hydrogen-bond donors (Lipinski definition) is 1. The molecule has 2 aromatic rings. The van der Waals surface area contributed by atoms with Gasteiger partial charge < -0.3 is 10.1 Å². The Labute approximate surface area is 153 Å². The number of methoxy groups -OCH3 is 1. The smallest absolute Gasteiger partial charge is 0.248 e. The van der Waals surface area contributed by atoms with E-state index < -0.39 is 10.0 Å². The predicted molar refractivity (Wildman–Crippen MR) is 103 cm³/mol. The largest absolute Gasteiger partial charge is 0.497 e. The van der Waals surface area contributed by atoms with Gasteiger partial charge in [0.05, 0.1) is 18.6 Å². The first-order valence-corrected chi connectivity index (χ1v) is 9.82. The average molecular weight is 372 g/mol. The molecule has 2 aromatic carbocycles. The van der Waals surface area contributed by atoms with Crippen LogP contribution in [0.5, 0.6) is 5.75 Å². The standard InChI is InChI=1S/C19H20N2O4S/c1-25-18-10-6-16(7-11-18)20-19(22)12-5-15-3-8-17(9-4-15)21-13-2-14-26(21,23)24/h3-12H,2,13-14H2,1H3,(H,20,22)/b12-5+. The van der Waals surface area contributed by atoms with Crippen LogP contribution < -0.4 is 14.4 Å². The molecular weight excluding hydrogens is 352 g/mol. The number of nitrogens with zero attached hydrogens (tertiary/aromatic N) is 1. The number of carbonyl (C=O) groups excluding carboxylic acids is 1. The molecule has 0 radical (unpaired) electrons. The molecule has 0 aromatic heterocycles. The van der Waals surface area contributed by atoms with E-state index in [9.17, 15) is 13.2 Å².